The van der Waals surface area contributed by atoms with Gasteiger partial charge in [-0.05, 0) is 53.8 Å². The van der Waals surface area contributed by atoms with Crippen LogP contribution in [0, 0.1) is 5.92 Å². The first-order valence-electron chi connectivity index (χ1n) is 12.0. The molecule has 0 radical (unpaired) electrons. The number of carbonyl (C=O) groups is 1. The van der Waals surface area contributed by atoms with Gasteiger partial charge in [0.1, 0.15) is 5.75 Å². The number of hydrogen-bond donors (Lipinski definition) is 0. The highest BCUT2D eigenvalue weighted by Gasteiger charge is 2.11. The normalized spacial score (nSPS) is 12.1. The molecule has 3 nitrogen and oxygen atoms in total. The number of fused-ring (bicyclic) bond motifs is 1. The Kier molecular flexibility index (Phi) is 11.4. The summed E-state index contributed by atoms with van der Waals surface area (Å²) in [4.78, 5) is 12.4. The van der Waals surface area contributed by atoms with E-state index in [2.05, 4.69) is 26.8 Å². The zero-order valence-electron chi connectivity index (χ0n) is 19.3. The molecule has 0 bridgehead atoms. The average molecular weight is 413 g/mol. The van der Waals surface area contributed by atoms with E-state index in [0.717, 1.165) is 36.0 Å². The van der Waals surface area contributed by atoms with Gasteiger partial charge in [0.2, 0.25) is 0 Å². The molecule has 166 valence electrons. The highest BCUT2D eigenvalue weighted by Crippen LogP contribution is 2.23. The minimum absolute atomic E-state index is 0.234. The zero-order chi connectivity index (χ0) is 21.6. The molecule has 0 heterocycles. The third-order valence-electron chi connectivity index (χ3n) is 5.61. The van der Waals surface area contributed by atoms with E-state index in [9.17, 15) is 4.79 Å². The maximum Gasteiger partial charge on any atom is 0.338 e. The second-order valence-corrected chi connectivity index (χ2v) is 8.54. The van der Waals surface area contributed by atoms with Crippen LogP contribution < -0.4 is 4.74 Å². The summed E-state index contributed by atoms with van der Waals surface area (Å²) in [6, 6.07) is 11.8. The Balaban J connectivity index is 1.80. The summed E-state index contributed by atoms with van der Waals surface area (Å²) in [5, 5.41) is 2.12. The number of esters is 1. The number of carbonyl (C=O) groups excluding carboxylic acids is 1. The first-order valence-corrected chi connectivity index (χ1v) is 12.0. The summed E-state index contributed by atoms with van der Waals surface area (Å²) in [6.07, 6.45) is 12.3. The second-order valence-electron chi connectivity index (χ2n) is 8.54. The molecule has 2 rings (SSSR count). The van der Waals surface area contributed by atoms with Crippen molar-refractivity contribution in [1.29, 1.82) is 0 Å². The quantitative estimate of drug-likeness (QED) is 0.220. The molecule has 0 fully saturated rings. The number of benzene rings is 2. The van der Waals surface area contributed by atoms with E-state index in [4.69, 9.17) is 9.47 Å². The van der Waals surface area contributed by atoms with Crippen molar-refractivity contribution in [1.82, 2.24) is 0 Å². The maximum absolute atomic E-state index is 12.4. The topological polar surface area (TPSA) is 35.5 Å². The zero-order valence-corrected chi connectivity index (χ0v) is 19.3. The molecule has 0 saturated carbocycles. The summed E-state index contributed by atoms with van der Waals surface area (Å²) in [5.74, 6) is 1.07. The minimum Gasteiger partial charge on any atom is -0.494 e. The van der Waals surface area contributed by atoms with Gasteiger partial charge in [0.15, 0.2) is 0 Å². The molecular weight excluding hydrogens is 372 g/mol. The fraction of sp³-hybridized carbons (Fsp3) is 0.593. The molecule has 0 spiro atoms. The molecular formula is C27H40O3. The van der Waals surface area contributed by atoms with E-state index in [1.165, 1.54) is 51.4 Å². The lowest BCUT2D eigenvalue weighted by molar-refractivity contribution is 0.0443. The van der Waals surface area contributed by atoms with Crippen LogP contribution in [0.2, 0.25) is 0 Å². The number of rotatable bonds is 15. The first kappa shape index (κ1) is 24.2. The van der Waals surface area contributed by atoms with Crippen molar-refractivity contribution in [3.05, 3.63) is 42.0 Å². The molecule has 3 heteroatoms. The number of hydrogen-bond acceptors (Lipinski definition) is 3. The molecule has 0 amide bonds. The molecule has 1 atom stereocenters. The molecule has 2 aromatic rings. The standard InChI is InChI=1S/C27H40O3/c1-4-6-8-9-10-12-18-29-26-17-16-23-19-25(15-14-24(23)20-26)27(28)30-21-22(3)13-11-7-5-2/h14-17,19-20,22H,4-13,18,21H2,1-3H3/t22-/m0/s1. The van der Waals surface area contributed by atoms with Crippen LogP contribution >= 0.6 is 0 Å². The van der Waals surface area contributed by atoms with Gasteiger partial charge in [0, 0.05) is 0 Å². The van der Waals surface area contributed by atoms with Crippen molar-refractivity contribution >= 4 is 16.7 Å². The van der Waals surface area contributed by atoms with Crippen molar-refractivity contribution in [2.24, 2.45) is 5.92 Å². The van der Waals surface area contributed by atoms with Crippen LogP contribution in [0.15, 0.2) is 36.4 Å². The molecule has 0 unspecified atom stereocenters. The molecule has 0 aliphatic carbocycles. The van der Waals surface area contributed by atoms with E-state index < -0.39 is 0 Å². The minimum atomic E-state index is -0.234. The van der Waals surface area contributed by atoms with Gasteiger partial charge in [0.05, 0.1) is 18.8 Å². The van der Waals surface area contributed by atoms with Gasteiger partial charge in [-0.3, -0.25) is 0 Å². The summed E-state index contributed by atoms with van der Waals surface area (Å²) in [6.45, 7) is 7.85. The van der Waals surface area contributed by atoms with Gasteiger partial charge in [-0.2, -0.15) is 0 Å². The Morgan fingerprint density at radius 2 is 1.50 bits per heavy atom. The SMILES string of the molecule is CCCCCCCCOc1ccc2cc(C(=O)OC[C@@H](C)CCCCC)ccc2c1. The van der Waals surface area contributed by atoms with E-state index in [1.54, 1.807) is 0 Å². The monoisotopic (exact) mass is 412 g/mol. The van der Waals surface area contributed by atoms with Crippen molar-refractivity contribution in [2.75, 3.05) is 13.2 Å². The van der Waals surface area contributed by atoms with Gasteiger partial charge >= 0.3 is 5.97 Å². The van der Waals surface area contributed by atoms with E-state index in [0.29, 0.717) is 18.1 Å². The van der Waals surface area contributed by atoms with Crippen LogP contribution in [-0.4, -0.2) is 19.2 Å². The number of ether oxygens (including phenoxy) is 2. The molecule has 30 heavy (non-hydrogen) atoms. The lowest BCUT2D eigenvalue weighted by atomic mass is 10.0. The molecule has 0 N–H and O–H groups in total. The maximum atomic E-state index is 12.4. The van der Waals surface area contributed by atoms with Crippen molar-refractivity contribution < 1.29 is 14.3 Å². The lowest BCUT2D eigenvalue weighted by Gasteiger charge is -2.12. The summed E-state index contributed by atoms with van der Waals surface area (Å²) in [7, 11) is 0. The second kappa shape index (κ2) is 14.1. The lowest BCUT2D eigenvalue weighted by Crippen LogP contribution is -2.12. The molecule has 0 aliphatic rings. The Labute approximate surface area is 183 Å². The summed E-state index contributed by atoms with van der Waals surface area (Å²) < 4.78 is 11.4. The molecule has 0 saturated heterocycles. The highest BCUT2D eigenvalue weighted by atomic mass is 16.5. The third kappa shape index (κ3) is 8.77. The molecule has 0 aliphatic heterocycles. The van der Waals surface area contributed by atoms with Gasteiger partial charge in [0.25, 0.3) is 0 Å². The van der Waals surface area contributed by atoms with Crippen LogP contribution in [0.4, 0.5) is 0 Å². The average Bonchev–Trinajstić information content (AvgIpc) is 2.76. The van der Waals surface area contributed by atoms with E-state index in [1.807, 2.05) is 30.3 Å². The Hall–Kier alpha value is -2.03. The van der Waals surface area contributed by atoms with Gasteiger partial charge < -0.3 is 9.47 Å². The smallest absolute Gasteiger partial charge is 0.338 e. The van der Waals surface area contributed by atoms with Crippen molar-refractivity contribution in [3.8, 4) is 5.75 Å². The Morgan fingerprint density at radius 3 is 2.30 bits per heavy atom. The van der Waals surface area contributed by atoms with Crippen molar-refractivity contribution in [3.63, 3.8) is 0 Å². The Morgan fingerprint density at radius 1 is 0.833 bits per heavy atom. The third-order valence-corrected chi connectivity index (χ3v) is 5.61. The van der Waals surface area contributed by atoms with E-state index >= 15 is 0 Å². The van der Waals surface area contributed by atoms with Crippen molar-refractivity contribution in [2.45, 2.75) is 85.0 Å². The predicted octanol–water partition coefficient (Wildman–Crippen LogP) is 7.95. The first-order chi connectivity index (χ1) is 14.6. The summed E-state index contributed by atoms with van der Waals surface area (Å²) in [5.41, 5.74) is 0.615. The Bertz CT molecular complexity index is 753. The fourth-order valence-corrected chi connectivity index (χ4v) is 3.64. The van der Waals surface area contributed by atoms with Gasteiger partial charge in [-0.1, -0.05) is 84.3 Å². The predicted molar refractivity (Wildman–Crippen MR) is 126 cm³/mol. The number of unbranched alkanes of at least 4 members (excludes halogenated alkanes) is 7. The van der Waals surface area contributed by atoms with Crippen LogP contribution in [0.25, 0.3) is 10.8 Å². The van der Waals surface area contributed by atoms with Crippen LogP contribution in [-0.2, 0) is 4.74 Å². The van der Waals surface area contributed by atoms with Crippen LogP contribution in [0.1, 0.15) is 95.3 Å². The fourth-order valence-electron chi connectivity index (χ4n) is 3.64. The van der Waals surface area contributed by atoms with Crippen LogP contribution in [0.5, 0.6) is 5.75 Å². The van der Waals surface area contributed by atoms with E-state index in [-0.39, 0.29) is 5.97 Å². The van der Waals surface area contributed by atoms with Gasteiger partial charge in [-0.25, -0.2) is 4.79 Å². The summed E-state index contributed by atoms with van der Waals surface area (Å²) >= 11 is 0. The largest absolute Gasteiger partial charge is 0.494 e. The van der Waals surface area contributed by atoms with Gasteiger partial charge in [-0.15, -0.1) is 0 Å². The molecule has 2 aromatic carbocycles. The molecule has 0 aromatic heterocycles. The highest BCUT2D eigenvalue weighted by molar-refractivity contribution is 5.95. The van der Waals surface area contributed by atoms with Crippen LogP contribution in [0.3, 0.4) is 0 Å².